The maximum Gasteiger partial charge on any atom is 0.178 e. The molecule has 0 aliphatic heterocycles. The molecule has 0 aromatic heterocycles. The van der Waals surface area contributed by atoms with Crippen LogP contribution in [0.25, 0.3) is 0 Å². The van der Waals surface area contributed by atoms with Crippen LogP contribution in [0.1, 0.15) is 15.9 Å². The molecule has 0 unspecified atom stereocenters. The van der Waals surface area contributed by atoms with Gasteiger partial charge in [0.05, 0.1) is 6.54 Å². The Bertz CT molecular complexity index is 266. The fourth-order valence-corrected chi connectivity index (χ4v) is 0.913. The van der Waals surface area contributed by atoms with E-state index in [4.69, 9.17) is 5.21 Å². The van der Waals surface area contributed by atoms with Crippen LogP contribution in [0.15, 0.2) is 24.3 Å². The van der Waals surface area contributed by atoms with Gasteiger partial charge in [-0.3, -0.25) is 4.79 Å². The molecule has 0 spiro atoms. The number of Topliss-reactive ketones (excluding diaryl/α,β-unsaturated/α-hetero) is 1. The molecular formula is C9H11NO2. The van der Waals surface area contributed by atoms with Crippen LogP contribution in [0, 0.1) is 6.92 Å². The highest BCUT2D eigenvalue weighted by atomic mass is 16.5. The van der Waals surface area contributed by atoms with Crippen LogP contribution in [-0.4, -0.2) is 17.5 Å². The van der Waals surface area contributed by atoms with E-state index in [9.17, 15) is 4.79 Å². The molecule has 64 valence electrons. The number of hydrogen-bond acceptors (Lipinski definition) is 3. The number of aryl methyl sites for hydroxylation is 1. The normalized spacial score (nSPS) is 9.83. The quantitative estimate of drug-likeness (QED) is 0.522. The molecule has 0 heterocycles. The molecule has 3 nitrogen and oxygen atoms in total. The van der Waals surface area contributed by atoms with Crippen molar-refractivity contribution in [3.8, 4) is 0 Å². The summed E-state index contributed by atoms with van der Waals surface area (Å²) < 4.78 is 0. The number of rotatable bonds is 3. The van der Waals surface area contributed by atoms with Crippen molar-refractivity contribution in [3.63, 3.8) is 0 Å². The fourth-order valence-electron chi connectivity index (χ4n) is 0.913. The Balaban J connectivity index is 2.75. The highest BCUT2D eigenvalue weighted by Gasteiger charge is 2.02. The van der Waals surface area contributed by atoms with Crippen molar-refractivity contribution in [2.24, 2.45) is 0 Å². The third kappa shape index (κ3) is 2.15. The third-order valence-electron chi connectivity index (χ3n) is 1.61. The van der Waals surface area contributed by atoms with Crippen LogP contribution in [0.2, 0.25) is 0 Å². The van der Waals surface area contributed by atoms with Crippen molar-refractivity contribution < 1.29 is 10.0 Å². The van der Waals surface area contributed by atoms with Crippen LogP contribution >= 0.6 is 0 Å². The molecule has 0 amide bonds. The first-order valence-corrected chi connectivity index (χ1v) is 3.71. The number of benzene rings is 1. The Morgan fingerprint density at radius 3 is 2.50 bits per heavy atom. The van der Waals surface area contributed by atoms with Gasteiger partial charge in [-0.1, -0.05) is 29.8 Å². The van der Waals surface area contributed by atoms with Crippen molar-refractivity contribution in [3.05, 3.63) is 35.4 Å². The first-order chi connectivity index (χ1) is 5.74. The van der Waals surface area contributed by atoms with Crippen LogP contribution < -0.4 is 5.48 Å². The minimum absolute atomic E-state index is 0.0386. The second-order valence-electron chi connectivity index (χ2n) is 2.62. The number of nitrogens with one attached hydrogen (secondary N) is 1. The molecule has 0 aliphatic rings. The number of ketones is 1. The van der Waals surface area contributed by atoms with Crippen molar-refractivity contribution in [1.82, 2.24) is 5.48 Å². The molecule has 0 bridgehead atoms. The van der Waals surface area contributed by atoms with E-state index in [0.29, 0.717) is 5.56 Å². The van der Waals surface area contributed by atoms with E-state index in [0.717, 1.165) is 5.56 Å². The topological polar surface area (TPSA) is 49.3 Å². The van der Waals surface area contributed by atoms with Gasteiger partial charge in [-0.15, -0.1) is 0 Å². The van der Waals surface area contributed by atoms with Gasteiger partial charge in [0.2, 0.25) is 0 Å². The van der Waals surface area contributed by atoms with Crippen LogP contribution in [0.5, 0.6) is 0 Å². The molecule has 0 saturated carbocycles. The molecule has 1 aromatic carbocycles. The summed E-state index contributed by atoms with van der Waals surface area (Å²) in [5.41, 5.74) is 3.56. The average Bonchev–Trinajstić information content (AvgIpc) is 2.06. The predicted octanol–water partition coefficient (Wildman–Crippen LogP) is 1.16. The van der Waals surface area contributed by atoms with E-state index < -0.39 is 0 Å². The smallest absolute Gasteiger partial charge is 0.178 e. The van der Waals surface area contributed by atoms with Gasteiger partial charge in [0.1, 0.15) is 0 Å². The lowest BCUT2D eigenvalue weighted by Crippen LogP contribution is -2.18. The Hall–Kier alpha value is -1.19. The van der Waals surface area contributed by atoms with E-state index >= 15 is 0 Å². The van der Waals surface area contributed by atoms with Gasteiger partial charge < -0.3 is 5.21 Å². The lowest BCUT2D eigenvalue weighted by atomic mass is 10.1. The molecule has 0 atom stereocenters. The zero-order chi connectivity index (χ0) is 8.97. The summed E-state index contributed by atoms with van der Waals surface area (Å²) in [6.07, 6.45) is 0. The highest BCUT2D eigenvalue weighted by Crippen LogP contribution is 2.03. The highest BCUT2D eigenvalue weighted by molar-refractivity contribution is 5.97. The Labute approximate surface area is 71.0 Å². The van der Waals surface area contributed by atoms with Gasteiger partial charge in [-0.05, 0) is 6.92 Å². The Kier molecular flexibility index (Phi) is 2.96. The van der Waals surface area contributed by atoms with Gasteiger partial charge in [-0.2, -0.15) is 5.48 Å². The van der Waals surface area contributed by atoms with Gasteiger partial charge >= 0.3 is 0 Å². The number of hydroxylamine groups is 1. The standard InChI is InChI=1S/C9H11NO2/c1-7-2-4-8(5-3-7)9(11)6-10-12/h2-5,10,12H,6H2,1H3. The van der Waals surface area contributed by atoms with Crippen molar-refractivity contribution in [2.75, 3.05) is 6.54 Å². The minimum atomic E-state index is -0.113. The summed E-state index contributed by atoms with van der Waals surface area (Å²) in [5.74, 6) is -0.113. The first-order valence-electron chi connectivity index (χ1n) is 3.71. The van der Waals surface area contributed by atoms with Gasteiger partial charge in [-0.25, -0.2) is 0 Å². The Morgan fingerprint density at radius 2 is 2.00 bits per heavy atom. The fraction of sp³-hybridized carbons (Fsp3) is 0.222. The molecule has 0 aliphatic carbocycles. The number of carbonyl (C=O) groups excluding carboxylic acids is 1. The largest absolute Gasteiger partial charge is 0.316 e. The van der Waals surface area contributed by atoms with Gasteiger partial charge in [0.25, 0.3) is 0 Å². The summed E-state index contributed by atoms with van der Waals surface area (Å²) in [7, 11) is 0. The molecule has 12 heavy (non-hydrogen) atoms. The van der Waals surface area contributed by atoms with E-state index in [1.165, 1.54) is 0 Å². The van der Waals surface area contributed by atoms with Crippen LogP contribution in [0.4, 0.5) is 0 Å². The molecule has 3 heteroatoms. The molecule has 1 rings (SSSR count). The zero-order valence-electron chi connectivity index (χ0n) is 6.87. The summed E-state index contributed by atoms with van der Waals surface area (Å²) in [5, 5.41) is 8.28. The number of hydrogen-bond donors (Lipinski definition) is 2. The van der Waals surface area contributed by atoms with E-state index in [2.05, 4.69) is 0 Å². The summed E-state index contributed by atoms with van der Waals surface area (Å²) in [6, 6.07) is 7.22. The van der Waals surface area contributed by atoms with Crippen molar-refractivity contribution in [1.29, 1.82) is 0 Å². The first kappa shape index (κ1) is 8.90. The summed E-state index contributed by atoms with van der Waals surface area (Å²) in [6.45, 7) is 1.92. The molecule has 1 aromatic rings. The van der Waals surface area contributed by atoms with Crippen molar-refractivity contribution >= 4 is 5.78 Å². The third-order valence-corrected chi connectivity index (χ3v) is 1.61. The second kappa shape index (κ2) is 3.99. The average molecular weight is 165 g/mol. The Morgan fingerprint density at radius 1 is 1.42 bits per heavy atom. The maximum absolute atomic E-state index is 11.1. The lowest BCUT2D eigenvalue weighted by molar-refractivity contribution is 0.0903. The van der Waals surface area contributed by atoms with Crippen LogP contribution in [-0.2, 0) is 0 Å². The molecule has 0 saturated heterocycles. The molecule has 0 fully saturated rings. The molecule has 0 radical (unpaired) electrons. The summed E-state index contributed by atoms with van der Waals surface area (Å²) in [4.78, 5) is 11.1. The predicted molar refractivity (Wildman–Crippen MR) is 45.3 cm³/mol. The molecule has 2 N–H and O–H groups in total. The van der Waals surface area contributed by atoms with Gasteiger partial charge in [0, 0.05) is 5.56 Å². The second-order valence-corrected chi connectivity index (χ2v) is 2.62. The van der Waals surface area contributed by atoms with Gasteiger partial charge in [0.15, 0.2) is 5.78 Å². The summed E-state index contributed by atoms with van der Waals surface area (Å²) >= 11 is 0. The maximum atomic E-state index is 11.1. The monoisotopic (exact) mass is 165 g/mol. The SMILES string of the molecule is Cc1ccc(C(=O)CNO)cc1. The van der Waals surface area contributed by atoms with Crippen molar-refractivity contribution in [2.45, 2.75) is 6.92 Å². The lowest BCUT2D eigenvalue weighted by Gasteiger charge is -1.98. The number of carbonyl (C=O) groups is 1. The van der Waals surface area contributed by atoms with Crippen LogP contribution in [0.3, 0.4) is 0 Å². The molecular weight excluding hydrogens is 154 g/mol. The van der Waals surface area contributed by atoms with E-state index in [1.807, 2.05) is 24.5 Å². The zero-order valence-corrected chi connectivity index (χ0v) is 6.87. The minimum Gasteiger partial charge on any atom is -0.316 e. The van der Waals surface area contributed by atoms with E-state index in [-0.39, 0.29) is 12.3 Å². The van der Waals surface area contributed by atoms with E-state index in [1.54, 1.807) is 12.1 Å².